The van der Waals surface area contributed by atoms with E-state index in [2.05, 4.69) is 46.3 Å². The summed E-state index contributed by atoms with van der Waals surface area (Å²) in [6.45, 7) is 2.87. The predicted molar refractivity (Wildman–Crippen MR) is 79.2 cm³/mol. The Balaban J connectivity index is 2.15. The standard InChI is InChI=1S/C16H20N4/c1-3-5-15(18-2)14-7-9-20(12-14)11-13-6-4-8-19-16(13)10-17/h4,6-9,12,15,18H,3,5,11H2,1-2H3. The zero-order chi connectivity index (χ0) is 14.4. The number of hydrogen-bond acceptors (Lipinski definition) is 3. The number of hydrogen-bond donors (Lipinski definition) is 1. The predicted octanol–water partition coefficient (Wildman–Crippen LogP) is 2.86. The van der Waals surface area contributed by atoms with Crippen LogP contribution in [0.2, 0.25) is 0 Å². The monoisotopic (exact) mass is 268 g/mol. The average Bonchev–Trinajstić information content (AvgIpc) is 2.93. The molecule has 104 valence electrons. The van der Waals surface area contributed by atoms with Gasteiger partial charge in [0.2, 0.25) is 0 Å². The second kappa shape index (κ2) is 6.88. The Morgan fingerprint density at radius 1 is 1.45 bits per heavy atom. The average molecular weight is 268 g/mol. The summed E-state index contributed by atoms with van der Waals surface area (Å²) < 4.78 is 2.10. The summed E-state index contributed by atoms with van der Waals surface area (Å²) in [4.78, 5) is 4.09. The molecule has 4 nitrogen and oxygen atoms in total. The first-order chi connectivity index (χ1) is 9.78. The zero-order valence-electron chi connectivity index (χ0n) is 12.0. The highest BCUT2D eigenvalue weighted by Gasteiger charge is 2.10. The van der Waals surface area contributed by atoms with Gasteiger partial charge in [-0.05, 0) is 31.2 Å². The molecule has 0 spiro atoms. The third-order valence-corrected chi connectivity index (χ3v) is 3.45. The van der Waals surface area contributed by atoms with Crippen molar-refractivity contribution in [3.8, 4) is 6.07 Å². The van der Waals surface area contributed by atoms with E-state index in [1.807, 2.05) is 19.2 Å². The van der Waals surface area contributed by atoms with Crippen LogP contribution in [-0.2, 0) is 6.54 Å². The van der Waals surface area contributed by atoms with Gasteiger partial charge in [-0.25, -0.2) is 4.98 Å². The number of rotatable bonds is 6. The van der Waals surface area contributed by atoms with Gasteiger partial charge >= 0.3 is 0 Å². The van der Waals surface area contributed by atoms with E-state index in [0.717, 1.165) is 18.4 Å². The summed E-state index contributed by atoms with van der Waals surface area (Å²) in [5.41, 5.74) is 2.74. The Morgan fingerprint density at radius 2 is 2.30 bits per heavy atom. The maximum absolute atomic E-state index is 9.07. The van der Waals surface area contributed by atoms with E-state index in [4.69, 9.17) is 5.26 Å². The summed E-state index contributed by atoms with van der Waals surface area (Å²) in [6, 6.07) is 8.49. The normalized spacial score (nSPS) is 12.1. The Kier molecular flexibility index (Phi) is 4.91. The van der Waals surface area contributed by atoms with Crippen molar-refractivity contribution in [2.24, 2.45) is 0 Å². The lowest BCUT2D eigenvalue weighted by Gasteiger charge is -2.13. The minimum atomic E-state index is 0.394. The topological polar surface area (TPSA) is 53.6 Å². The van der Waals surface area contributed by atoms with E-state index >= 15 is 0 Å². The van der Waals surface area contributed by atoms with Gasteiger partial charge in [-0.2, -0.15) is 5.26 Å². The first kappa shape index (κ1) is 14.3. The summed E-state index contributed by atoms with van der Waals surface area (Å²) in [7, 11) is 1.99. The molecule has 0 saturated heterocycles. The Bertz CT molecular complexity index is 595. The van der Waals surface area contributed by atoms with Crippen LogP contribution in [0.3, 0.4) is 0 Å². The molecule has 0 aromatic carbocycles. The van der Waals surface area contributed by atoms with Crippen LogP contribution in [-0.4, -0.2) is 16.6 Å². The van der Waals surface area contributed by atoms with Crippen LogP contribution in [0, 0.1) is 11.3 Å². The maximum atomic E-state index is 9.07. The largest absolute Gasteiger partial charge is 0.349 e. The van der Waals surface area contributed by atoms with Crippen molar-refractivity contribution in [2.45, 2.75) is 32.4 Å². The molecular formula is C16H20N4. The summed E-state index contributed by atoms with van der Waals surface area (Å²) in [5.74, 6) is 0. The highest BCUT2D eigenvalue weighted by atomic mass is 15.0. The summed E-state index contributed by atoms with van der Waals surface area (Å²) in [6.07, 6.45) is 8.13. The molecule has 0 bridgehead atoms. The van der Waals surface area contributed by atoms with Crippen LogP contribution in [0.5, 0.6) is 0 Å². The third kappa shape index (κ3) is 3.25. The molecule has 0 amide bonds. The highest BCUT2D eigenvalue weighted by molar-refractivity contribution is 5.31. The van der Waals surface area contributed by atoms with Gasteiger partial charge in [0.1, 0.15) is 11.8 Å². The molecule has 0 aliphatic heterocycles. The van der Waals surface area contributed by atoms with Gasteiger partial charge in [-0.3, -0.25) is 0 Å². The van der Waals surface area contributed by atoms with E-state index in [-0.39, 0.29) is 0 Å². The van der Waals surface area contributed by atoms with Crippen LogP contribution in [0.15, 0.2) is 36.8 Å². The first-order valence-electron chi connectivity index (χ1n) is 6.95. The van der Waals surface area contributed by atoms with Gasteiger partial charge in [0.15, 0.2) is 0 Å². The van der Waals surface area contributed by atoms with Crippen molar-refractivity contribution < 1.29 is 0 Å². The van der Waals surface area contributed by atoms with E-state index in [1.54, 1.807) is 6.20 Å². The number of pyridine rings is 1. The Morgan fingerprint density at radius 3 is 3.00 bits per heavy atom. The van der Waals surface area contributed by atoms with Gasteiger partial charge in [0.25, 0.3) is 0 Å². The van der Waals surface area contributed by atoms with Crippen LogP contribution in [0.4, 0.5) is 0 Å². The van der Waals surface area contributed by atoms with Crippen molar-refractivity contribution >= 4 is 0 Å². The van der Waals surface area contributed by atoms with E-state index < -0.39 is 0 Å². The molecule has 1 atom stereocenters. The molecule has 0 fully saturated rings. The van der Waals surface area contributed by atoms with Crippen molar-refractivity contribution in [2.75, 3.05) is 7.05 Å². The number of nitriles is 1. The second-order valence-electron chi connectivity index (χ2n) is 4.87. The molecular weight excluding hydrogens is 248 g/mol. The Hall–Kier alpha value is -2.12. The summed E-state index contributed by atoms with van der Waals surface area (Å²) in [5, 5.41) is 12.4. The third-order valence-electron chi connectivity index (χ3n) is 3.45. The van der Waals surface area contributed by atoms with Gasteiger partial charge in [-0.1, -0.05) is 19.4 Å². The van der Waals surface area contributed by atoms with Crippen molar-refractivity contribution in [3.05, 3.63) is 53.6 Å². The minimum absolute atomic E-state index is 0.394. The SMILES string of the molecule is CCCC(NC)c1ccn(Cc2cccnc2C#N)c1. The number of nitrogens with one attached hydrogen (secondary N) is 1. The summed E-state index contributed by atoms with van der Waals surface area (Å²) >= 11 is 0. The van der Waals surface area contributed by atoms with E-state index in [0.29, 0.717) is 18.3 Å². The van der Waals surface area contributed by atoms with Crippen LogP contribution >= 0.6 is 0 Å². The fourth-order valence-corrected chi connectivity index (χ4v) is 2.39. The lowest BCUT2D eigenvalue weighted by molar-refractivity contribution is 0.540. The fourth-order valence-electron chi connectivity index (χ4n) is 2.39. The molecule has 0 aliphatic rings. The fraction of sp³-hybridized carbons (Fsp3) is 0.375. The minimum Gasteiger partial charge on any atom is -0.349 e. The second-order valence-corrected chi connectivity index (χ2v) is 4.87. The molecule has 2 rings (SSSR count). The molecule has 2 heterocycles. The maximum Gasteiger partial charge on any atom is 0.145 e. The molecule has 0 radical (unpaired) electrons. The quantitative estimate of drug-likeness (QED) is 0.876. The van der Waals surface area contributed by atoms with Gasteiger partial charge < -0.3 is 9.88 Å². The van der Waals surface area contributed by atoms with Crippen molar-refractivity contribution in [1.82, 2.24) is 14.9 Å². The molecule has 1 unspecified atom stereocenters. The molecule has 2 aromatic rings. The molecule has 1 N–H and O–H groups in total. The van der Waals surface area contributed by atoms with Gasteiger partial charge in [0, 0.05) is 36.7 Å². The van der Waals surface area contributed by atoms with Crippen LogP contribution < -0.4 is 5.32 Å². The van der Waals surface area contributed by atoms with Crippen LogP contribution in [0.25, 0.3) is 0 Å². The smallest absolute Gasteiger partial charge is 0.145 e. The highest BCUT2D eigenvalue weighted by Crippen LogP contribution is 2.19. The number of nitrogens with zero attached hydrogens (tertiary/aromatic N) is 3. The van der Waals surface area contributed by atoms with E-state index in [9.17, 15) is 0 Å². The number of aromatic nitrogens is 2. The molecule has 0 aliphatic carbocycles. The van der Waals surface area contributed by atoms with Crippen molar-refractivity contribution in [1.29, 1.82) is 5.26 Å². The van der Waals surface area contributed by atoms with Gasteiger partial charge in [-0.15, -0.1) is 0 Å². The van der Waals surface area contributed by atoms with Gasteiger partial charge in [0.05, 0.1) is 0 Å². The molecule has 4 heteroatoms. The zero-order valence-corrected chi connectivity index (χ0v) is 12.0. The Labute approximate surface area is 120 Å². The lowest BCUT2D eigenvalue weighted by Crippen LogP contribution is -2.15. The van der Waals surface area contributed by atoms with E-state index in [1.165, 1.54) is 5.56 Å². The first-order valence-corrected chi connectivity index (χ1v) is 6.95. The molecule has 20 heavy (non-hydrogen) atoms. The molecule has 0 saturated carbocycles. The van der Waals surface area contributed by atoms with Crippen LogP contribution in [0.1, 0.15) is 42.6 Å². The van der Waals surface area contributed by atoms with Crippen molar-refractivity contribution in [3.63, 3.8) is 0 Å². The molecule has 2 aromatic heterocycles. The lowest BCUT2D eigenvalue weighted by atomic mass is 10.1.